The van der Waals surface area contributed by atoms with Crippen molar-refractivity contribution in [1.29, 1.82) is 0 Å². The van der Waals surface area contributed by atoms with Crippen LogP contribution >= 0.6 is 0 Å². The molecule has 0 unspecified atom stereocenters. The molecular weight excluding hydrogens is 404 g/mol. The van der Waals surface area contributed by atoms with Gasteiger partial charge in [0.15, 0.2) is 5.82 Å². The largest absolute Gasteiger partial charge is 0.327 e. The lowest BCUT2D eigenvalue weighted by molar-refractivity contribution is 0.0994. The van der Waals surface area contributed by atoms with Crippen molar-refractivity contribution < 1.29 is 13.2 Å². The molecule has 0 spiro atoms. The highest BCUT2D eigenvalue weighted by atomic mass is 32.2. The number of fused-ring (bicyclic) bond motifs is 2. The van der Waals surface area contributed by atoms with Crippen molar-refractivity contribution in [2.75, 3.05) is 29.2 Å². The van der Waals surface area contributed by atoms with Crippen molar-refractivity contribution in [3.05, 3.63) is 59.8 Å². The number of nitrogens with two attached hydrogens (primary N) is 1. The van der Waals surface area contributed by atoms with Crippen LogP contribution in [0.25, 0.3) is 0 Å². The fourth-order valence-electron chi connectivity index (χ4n) is 3.27. The number of hydrogen-bond donors (Lipinski definition) is 2. The normalized spacial score (nSPS) is 13.5. The first-order valence-electron chi connectivity index (χ1n) is 9.04. The summed E-state index contributed by atoms with van der Waals surface area (Å²) in [6, 6.07) is 11.6. The molecule has 2 heterocycles. The first-order chi connectivity index (χ1) is 14.1. The summed E-state index contributed by atoms with van der Waals surface area (Å²) in [4.78, 5) is 25.2. The lowest BCUT2D eigenvalue weighted by Gasteiger charge is -2.21. The van der Waals surface area contributed by atoms with Gasteiger partial charge >= 0.3 is 0 Å². The quantitative estimate of drug-likeness (QED) is 0.662. The number of aromatic nitrogens is 2. The molecule has 0 aliphatic carbocycles. The molecule has 0 radical (unpaired) electrons. The minimum Gasteiger partial charge on any atom is -0.327 e. The van der Waals surface area contributed by atoms with E-state index in [0.29, 0.717) is 28.7 Å². The smallest absolute Gasteiger partial charge is 0.260 e. The summed E-state index contributed by atoms with van der Waals surface area (Å²) in [6.45, 7) is 1.96. The molecule has 1 aliphatic heterocycles. The second-order valence-corrected chi connectivity index (χ2v) is 8.60. The number of anilines is 5. The van der Waals surface area contributed by atoms with Crippen molar-refractivity contribution in [1.82, 2.24) is 9.97 Å². The number of hydrogen-bond acceptors (Lipinski definition) is 7. The minimum atomic E-state index is -3.76. The number of primary sulfonamides is 1. The molecule has 0 saturated carbocycles. The molecule has 4 rings (SSSR count). The van der Waals surface area contributed by atoms with Crippen LogP contribution in [0, 0.1) is 6.92 Å². The molecule has 0 saturated heterocycles. The van der Waals surface area contributed by atoms with Crippen LogP contribution in [0.3, 0.4) is 0 Å². The number of sulfonamides is 1. The molecule has 3 N–H and O–H groups in total. The van der Waals surface area contributed by atoms with E-state index in [2.05, 4.69) is 15.3 Å². The van der Waals surface area contributed by atoms with E-state index < -0.39 is 10.0 Å². The number of benzene rings is 2. The monoisotopic (exact) mass is 424 g/mol. The Balaban J connectivity index is 1.73. The average Bonchev–Trinajstić information content (AvgIpc) is 2.78. The van der Waals surface area contributed by atoms with Gasteiger partial charge in [0.05, 0.1) is 22.3 Å². The van der Waals surface area contributed by atoms with Crippen LogP contribution in [0.1, 0.15) is 15.9 Å². The first-order valence-corrected chi connectivity index (χ1v) is 10.6. The highest BCUT2D eigenvalue weighted by molar-refractivity contribution is 7.89. The summed E-state index contributed by atoms with van der Waals surface area (Å²) in [5, 5.41) is 8.18. The van der Waals surface area contributed by atoms with Gasteiger partial charge in [0, 0.05) is 19.8 Å². The molecule has 0 atom stereocenters. The number of nitrogens with zero attached hydrogens (tertiary/aromatic N) is 4. The maximum Gasteiger partial charge on any atom is 0.260 e. The molecule has 9 nitrogen and oxygen atoms in total. The maximum atomic E-state index is 12.9. The zero-order valence-corrected chi connectivity index (χ0v) is 17.4. The number of carbonyl (C=O) groups excluding carboxylic acids is 1. The Morgan fingerprint density at radius 1 is 1.00 bits per heavy atom. The third kappa shape index (κ3) is 3.46. The molecular formula is C20H20N6O3S. The molecule has 10 heteroatoms. The molecule has 0 fully saturated rings. The summed E-state index contributed by atoms with van der Waals surface area (Å²) < 4.78 is 22.8. The summed E-state index contributed by atoms with van der Waals surface area (Å²) in [5.41, 5.74) is 3.54. The topological polar surface area (TPSA) is 122 Å². The Morgan fingerprint density at radius 3 is 2.37 bits per heavy atom. The van der Waals surface area contributed by atoms with Gasteiger partial charge in [0.2, 0.25) is 16.0 Å². The summed E-state index contributed by atoms with van der Waals surface area (Å²) >= 11 is 0. The molecule has 2 aromatic carbocycles. The van der Waals surface area contributed by atoms with Gasteiger partial charge in [-0.25, -0.2) is 18.5 Å². The van der Waals surface area contributed by atoms with Gasteiger partial charge in [0.1, 0.15) is 5.69 Å². The SMILES string of the molecule is Cc1ccc2c(c1)N(C)c1nc(Nc3ccc(S(N)(=O)=O)cc3)ncc1N(C)C2=O. The summed E-state index contributed by atoms with van der Waals surface area (Å²) in [5.74, 6) is 0.730. The fourth-order valence-corrected chi connectivity index (χ4v) is 3.79. The van der Waals surface area contributed by atoms with Crippen molar-refractivity contribution in [3.8, 4) is 0 Å². The molecule has 3 aromatic rings. The molecule has 1 amide bonds. The molecule has 1 aromatic heterocycles. The average molecular weight is 424 g/mol. The zero-order valence-electron chi connectivity index (χ0n) is 16.6. The summed E-state index contributed by atoms with van der Waals surface area (Å²) in [7, 11) is -0.227. The molecule has 1 aliphatic rings. The van der Waals surface area contributed by atoms with Crippen LogP contribution in [0.4, 0.5) is 28.8 Å². The summed E-state index contributed by atoms with van der Waals surface area (Å²) in [6.07, 6.45) is 1.58. The van der Waals surface area contributed by atoms with E-state index in [9.17, 15) is 13.2 Å². The van der Waals surface area contributed by atoms with Gasteiger partial charge in [-0.2, -0.15) is 4.98 Å². The van der Waals surface area contributed by atoms with Crippen molar-refractivity contribution >= 4 is 44.8 Å². The van der Waals surface area contributed by atoms with E-state index in [1.165, 1.54) is 17.0 Å². The predicted octanol–water partition coefficient (Wildman–Crippen LogP) is 2.53. The predicted molar refractivity (Wildman–Crippen MR) is 115 cm³/mol. The zero-order chi connectivity index (χ0) is 21.6. The third-order valence-electron chi connectivity index (χ3n) is 4.92. The maximum absolute atomic E-state index is 12.9. The number of amides is 1. The van der Waals surface area contributed by atoms with Crippen molar-refractivity contribution in [2.24, 2.45) is 5.14 Å². The Labute approximate surface area is 174 Å². The fraction of sp³-hybridized carbons (Fsp3) is 0.150. The van der Waals surface area contributed by atoms with E-state index in [0.717, 1.165) is 11.3 Å². The lowest BCUT2D eigenvalue weighted by Crippen LogP contribution is -2.25. The first kappa shape index (κ1) is 19.8. The van der Waals surface area contributed by atoms with E-state index in [4.69, 9.17) is 5.14 Å². The van der Waals surface area contributed by atoms with E-state index in [-0.39, 0.29) is 10.8 Å². The molecule has 30 heavy (non-hydrogen) atoms. The van der Waals surface area contributed by atoms with Crippen LogP contribution in [0.2, 0.25) is 0 Å². The van der Waals surface area contributed by atoms with Gasteiger partial charge < -0.3 is 15.1 Å². The van der Waals surface area contributed by atoms with Crippen LogP contribution in [0.15, 0.2) is 53.6 Å². The van der Waals surface area contributed by atoms with Crippen LogP contribution < -0.4 is 20.3 Å². The Hall–Kier alpha value is -3.50. The Kier molecular flexibility index (Phi) is 4.67. The number of carbonyl (C=O) groups is 1. The van der Waals surface area contributed by atoms with Gasteiger partial charge in [-0.15, -0.1) is 0 Å². The third-order valence-corrected chi connectivity index (χ3v) is 5.85. The van der Waals surface area contributed by atoms with E-state index in [1.54, 1.807) is 25.4 Å². The number of aryl methyl sites for hydroxylation is 1. The van der Waals surface area contributed by atoms with E-state index >= 15 is 0 Å². The van der Waals surface area contributed by atoms with Crippen molar-refractivity contribution in [2.45, 2.75) is 11.8 Å². The van der Waals surface area contributed by atoms with Crippen molar-refractivity contribution in [3.63, 3.8) is 0 Å². The minimum absolute atomic E-state index is 0.0164. The van der Waals surface area contributed by atoms with Gasteiger partial charge in [-0.1, -0.05) is 6.07 Å². The second-order valence-electron chi connectivity index (χ2n) is 7.04. The number of rotatable bonds is 3. The van der Waals surface area contributed by atoms with Gasteiger partial charge in [0.25, 0.3) is 5.91 Å². The standard InChI is InChI=1S/C20H20N6O3S/c1-12-4-9-15-16(10-12)25(2)18-17(26(3)19(15)27)11-22-20(24-18)23-13-5-7-14(8-6-13)30(21,28)29/h4-11H,1-3H3,(H2,21,28,29)(H,22,23,24). The van der Waals surface area contributed by atoms with Gasteiger partial charge in [-0.05, 0) is 48.9 Å². The van der Waals surface area contributed by atoms with Crippen LogP contribution in [-0.4, -0.2) is 38.4 Å². The van der Waals surface area contributed by atoms with Crippen LogP contribution in [-0.2, 0) is 10.0 Å². The van der Waals surface area contributed by atoms with Gasteiger partial charge in [-0.3, -0.25) is 4.79 Å². The highest BCUT2D eigenvalue weighted by Crippen LogP contribution is 2.38. The Bertz CT molecular complexity index is 1260. The molecule has 0 bridgehead atoms. The second kappa shape index (κ2) is 7.08. The lowest BCUT2D eigenvalue weighted by atomic mass is 10.1. The molecule has 154 valence electrons. The van der Waals surface area contributed by atoms with E-state index in [1.807, 2.05) is 37.1 Å². The van der Waals surface area contributed by atoms with Crippen LogP contribution in [0.5, 0.6) is 0 Å². The Morgan fingerprint density at radius 2 is 1.70 bits per heavy atom. The highest BCUT2D eigenvalue weighted by Gasteiger charge is 2.29. The number of nitrogens with one attached hydrogen (secondary N) is 1.